The van der Waals surface area contributed by atoms with Gasteiger partial charge in [0.1, 0.15) is 6.10 Å². The van der Waals surface area contributed by atoms with Crippen molar-refractivity contribution in [1.82, 2.24) is 0 Å². The van der Waals surface area contributed by atoms with Crippen LogP contribution in [0.3, 0.4) is 0 Å². The maximum absolute atomic E-state index is 11.5. The van der Waals surface area contributed by atoms with E-state index in [0.717, 1.165) is 48.3 Å². The predicted molar refractivity (Wildman–Crippen MR) is 129 cm³/mol. The van der Waals surface area contributed by atoms with Gasteiger partial charge in [-0.2, -0.15) is 0 Å². The van der Waals surface area contributed by atoms with Gasteiger partial charge >= 0.3 is 5.97 Å². The summed E-state index contributed by atoms with van der Waals surface area (Å²) in [4.78, 5) is 11.5. The van der Waals surface area contributed by atoms with Crippen LogP contribution in [0.2, 0.25) is 0 Å². The Hall–Kier alpha value is -0.790. The second kappa shape index (κ2) is 8.86. The third-order valence-electron chi connectivity index (χ3n) is 10.6. The number of hydrogen-bond donors (Lipinski definition) is 0. The van der Waals surface area contributed by atoms with E-state index in [4.69, 9.17) is 4.74 Å². The van der Waals surface area contributed by atoms with Crippen LogP contribution >= 0.6 is 0 Å². The molecule has 2 heteroatoms. The quantitative estimate of drug-likeness (QED) is 0.317. The number of hydrogen-bond acceptors (Lipinski definition) is 2. The first-order chi connectivity index (χ1) is 14.6. The summed E-state index contributed by atoms with van der Waals surface area (Å²) in [7, 11) is 0. The van der Waals surface area contributed by atoms with Gasteiger partial charge in [-0.25, -0.2) is 0 Å². The fourth-order valence-electron chi connectivity index (χ4n) is 8.99. The molecular weight excluding hydrogens is 380 g/mol. The van der Waals surface area contributed by atoms with Crippen LogP contribution in [0.4, 0.5) is 0 Å². The zero-order valence-corrected chi connectivity index (χ0v) is 21.2. The first-order valence-electron chi connectivity index (χ1n) is 13.5. The van der Waals surface area contributed by atoms with Gasteiger partial charge in [0, 0.05) is 13.3 Å². The van der Waals surface area contributed by atoms with E-state index in [1.165, 1.54) is 57.8 Å². The second-order valence-electron chi connectivity index (χ2n) is 12.8. The molecule has 8 atom stereocenters. The molecule has 0 heterocycles. The van der Waals surface area contributed by atoms with E-state index in [-0.39, 0.29) is 12.1 Å². The Morgan fingerprint density at radius 2 is 1.84 bits per heavy atom. The fraction of sp³-hybridized carbons (Fsp3) is 0.897. The maximum Gasteiger partial charge on any atom is 0.302 e. The van der Waals surface area contributed by atoms with Crippen LogP contribution in [0.5, 0.6) is 0 Å². The zero-order valence-electron chi connectivity index (χ0n) is 21.2. The van der Waals surface area contributed by atoms with Crippen LogP contribution in [-0.4, -0.2) is 12.1 Å². The van der Waals surface area contributed by atoms with Gasteiger partial charge in [-0.15, -0.1) is 0 Å². The molecule has 3 saturated carbocycles. The number of rotatable bonds is 6. The highest BCUT2D eigenvalue weighted by Crippen LogP contribution is 2.67. The van der Waals surface area contributed by atoms with Crippen molar-refractivity contribution in [2.24, 2.45) is 46.3 Å². The van der Waals surface area contributed by atoms with Crippen LogP contribution in [-0.2, 0) is 9.53 Å². The van der Waals surface area contributed by atoms with Crippen molar-refractivity contribution in [2.75, 3.05) is 0 Å². The van der Waals surface area contributed by atoms with E-state index in [9.17, 15) is 4.79 Å². The highest BCUT2D eigenvalue weighted by molar-refractivity contribution is 5.66. The normalized spacial score (nSPS) is 42.9. The smallest absolute Gasteiger partial charge is 0.302 e. The van der Waals surface area contributed by atoms with Crippen molar-refractivity contribution in [3.63, 3.8) is 0 Å². The minimum Gasteiger partial charge on any atom is -0.462 e. The van der Waals surface area contributed by atoms with Crippen molar-refractivity contribution >= 4 is 5.97 Å². The molecule has 2 nitrogen and oxygen atoms in total. The Kier molecular flexibility index (Phi) is 6.68. The summed E-state index contributed by atoms with van der Waals surface area (Å²) in [6.45, 7) is 14.1. The summed E-state index contributed by atoms with van der Waals surface area (Å²) in [6.07, 6.45) is 17.2. The average molecular weight is 429 g/mol. The number of carbonyl (C=O) groups excluding carboxylic acids is 1. The van der Waals surface area contributed by atoms with E-state index in [2.05, 4.69) is 40.7 Å². The Morgan fingerprint density at radius 1 is 1.06 bits per heavy atom. The summed E-state index contributed by atoms with van der Waals surface area (Å²) < 4.78 is 5.61. The highest BCUT2D eigenvalue weighted by Gasteiger charge is 2.59. The summed E-state index contributed by atoms with van der Waals surface area (Å²) >= 11 is 0. The second-order valence-corrected chi connectivity index (χ2v) is 12.8. The molecule has 0 saturated heterocycles. The lowest BCUT2D eigenvalue weighted by atomic mass is 9.47. The van der Waals surface area contributed by atoms with Crippen LogP contribution in [0.1, 0.15) is 112 Å². The van der Waals surface area contributed by atoms with Crippen molar-refractivity contribution < 1.29 is 9.53 Å². The van der Waals surface area contributed by atoms with Crippen molar-refractivity contribution in [3.8, 4) is 0 Å². The predicted octanol–water partition coefficient (Wildman–Crippen LogP) is 7.96. The molecule has 0 aromatic rings. The van der Waals surface area contributed by atoms with Crippen LogP contribution in [0, 0.1) is 46.3 Å². The first kappa shape index (κ1) is 23.4. The van der Waals surface area contributed by atoms with E-state index in [0.29, 0.717) is 10.8 Å². The summed E-state index contributed by atoms with van der Waals surface area (Å²) in [5.74, 6) is 5.19. The topological polar surface area (TPSA) is 26.3 Å². The Bertz CT molecular complexity index is 693. The molecule has 0 amide bonds. The first-order valence-corrected chi connectivity index (χ1v) is 13.5. The molecule has 0 spiro atoms. The Balaban J connectivity index is 1.47. The summed E-state index contributed by atoms with van der Waals surface area (Å²) in [6, 6.07) is 0. The molecule has 6 unspecified atom stereocenters. The minimum atomic E-state index is -0.115. The van der Waals surface area contributed by atoms with Gasteiger partial charge in [-0.1, -0.05) is 65.5 Å². The van der Waals surface area contributed by atoms with Crippen molar-refractivity contribution in [1.29, 1.82) is 0 Å². The molecule has 4 aliphatic carbocycles. The van der Waals surface area contributed by atoms with E-state index in [1.807, 2.05) is 0 Å². The van der Waals surface area contributed by atoms with E-state index in [1.54, 1.807) is 12.5 Å². The largest absolute Gasteiger partial charge is 0.462 e. The molecule has 31 heavy (non-hydrogen) atoms. The van der Waals surface area contributed by atoms with Gasteiger partial charge in [0.15, 0.2) is 0 Å². The van der Waals surface area contributed by atoms with Crippen LogP contribution in [0.15, 0.2) is 11.6 Å². The maximum atomic E-state index is 11.5. The lowest BCUT2D eigenvalue weighted by Crippen LogP contribution is -2.51. The SMILES string of the molecule is CC(=O)OC1CC[C@]2(C)C(=CCC3C4CCC(C(C)CCCC(C)C)[C@]4(C)CCC32)C1. The van der Waals surface area contributed by atoms with Gasteiger partial charge in [0.2, 0.25) is 0 Å². The average Bonchev–Trinajstić information content (AvgIpc) is 3.05. The molecule has 0 N–H and O–H groups in total. The monoisotopic (exact) mass is 428 g/mol. The standard InChI is InChI=1S/C29H48O2/c1-19(2)8-7-9-20(3)25-12-13-26-24-11-10-22-18-23(31-21(4)30)14-16-28(22,5)27(24)15-17-29(25,26)6/h10,19-20,23-27H,7-9,11-18H2,1-6H3/t20?,23?,24?,25?,26?,27?,28-,29+/m1/s1. The molecule has 3 fully saturated rings. The van der Waals surface area contributed by atoms with Gasteiger partial charge < -0.3 is 4.74 Å². The Labute approximate surface area is 192 Å². The van der Waals surface area contributed by atoms with Crippen molar-refractivity contribution in [3.05, 3.63) is 11.6 Å². The molecule has 176 valence electrons. The summed E-state index contributed by atoms with van der Waals surface area (Å²) in [5, 5.41) is 0. The number of esters is 1. The molecule has 0 bridgehead atoms. The summed E-state index contributed by atoms with van der Waals surface area (Å²) in [5.41, 5.74) is 2.53. The molecule has 0 aliphatic heterocycles. The number of fused-ring (bicyclic) bond motifs is 5. The van der Waals surface area contributed by atoms with E-state index >= 15 is 0 Å². The molecule has 4 aliphatic rings. The third-order valence-corrected chi connectivity index (χ3v) is 10.6. The number of ether oxygens (including phenoxy) is 1. The number of carbonyl (C=O) groups is 1. The lowest BCUT2D eigenvalue weighted by Gasteiger charge is -2.58. The number of allylic oxidation sites excluding steroid dienone is 1. The third kappa shape index (κ3) is 4.26. The minimum absolute atomic E-state index is 0.115. The van der Waals surface area contributed by atoms with Gasteiger partial charge in [0.05, 0.1) is 0 Å². The lowest BCUT2D eigenvalue weighted by molar-refractivity contribution is -0.148. The molecule has 0 aromatic carbocycles. The molecular formula is C29H48O2. The Morgan fingerprint density at radius 3 is 2.55 bits per heavy atom. The van der Waals surface area contributed by atoms with Gasteiger partial charge in [-0.3, -0.25) is 4.79 Å². The molecule has 0 aromatic heterocycles. The van der Waals surface area contributed by atoms with Gasteiger partial charge in [-0.05, 0) is 91.3 Å². The van der Waals surface area contributed by atoms with Crippen LogP contribution in [0.25, 0.3) is 0 Å². The fourth-order valence-corrected chi connectivity index (χ4v) is 8.99. The van der Waals surface area contributed by atoms with Crippen LogP contribution < -0.4 is 0 Å². The van der Waals surface area contributed by atoms with Gasteiger partial charge in [0.25, 0.3) is 0 Å². The molecule has 0 radical (unpaired) electrons. The van der Waals surface area contributed by atoms with E-state index < -0.39 is 0 Å². The zero-order chi connectivity index (χ0) is 22.4. The molecule has 4 rings (SSSR count). The highest BCUT2D eigenvalue weighted by atomic mass is 16.5. The van der Waals surface area contributed by atoms with Crippen molar-refractivity contribution in [2.45, 2.75) is 118 Å².